The van der Waals surface area contributed by atoms with Crippen LogP contribution in [0.2, 0.25) is 0 Å². The summed E-state index contributed by atoms with van der Waals surface area (Å²) in [6.45, 7) is 1.88. The Labute approximate surface area is 166 Å². The summed E-state index contributed by atoms with van der Waals surface area (Å²) in [5.74, 6) is -1.20. The van der Waals surface area contributed by atoms with E-state index in [2.05, 4.69) is 10.3 Å². The van der Waals surface area contributed by atoms with Crippen LogP contribution in [0.1, 0.15) is 23.7 Å². The number of nitrogens with zero attached hydrogens (tertiary/aromatic N) is 1. The lowest BCUT2D eigenvalue weighted by atomic mass is 9.97. The first kappa shape index (κ1) is 20.7. The van der Waals surface area contributed by atoms with Crippen molar-refractivity contribution >= 4 is 28.3 Å². The first-order valence-corrected chi connectivity index (χ1v) is 9.15. The Morgan fingerprint density at radius 1 is 1.34 bits per heavy atom. The molecule has 1 aliphatic heterocycles. The van der Waals surface area contributed by atoms with Crippen molar-refractivity contribution in [2.24, 2.45) is 11.7 Å². The molecule has 156 valence electrons. The van der Waals surface area contributed by atoms with E-state index in [1.165, 1.54) is 25.9 Å². The highest BCUT2D eigenvalue weighted by Crippen LogP contribution is 2.34. The van der Waals surface area contributed by atoms with Crippen LogP contribution in [0.4, 0.5) is 10.1 Å². The van der Waals surface area contributed by atoms with Crippen molar-refractivity contribution in [1.82, 2.24) is 10.3 Å². The number of rotatable bonds is 8. The predicted molar refractivity (Wildman–Crippen MR) is 102 cm³/mol. The molecule has 1 saturated heterocycles. The smallest absolute Gasteiger partial charge is 0.255 e. The molecule has 3 atom stereocenters. The number of fused-ring (bicyclic) bond motifs is 1. The van der Waals surface area contributed by atoms with Crippen molar-refractivity contribution in [3.05, 3.63) is 23.9 Å². The van der Waals surface area contributed by atoms with Crippen LogP contribution < -0.4 is 26.0 Å². The highest BCUT2D eigenvalue weighted by Gasteiger charge is 2.41. The van der Waals surface area contributed by atoms with E-state index in [1.54, 1.807) is 12.1 Å². The molecule has 2 heterocycles. The molecule has 0 aliphatic carbocycles. The zero-order valence-corrected chi connectivity index (χ0v) is 16.4. The summed E-state index contributed by atoms with van der Waals surface area (Å²) in [4.78, 5) is 32.8. The molecule has 1 aromatic heterocycles. The van der Waals surface area contributed by atoms with E-state index < -0.39 is 29.9 Å². The normalized spacial score (nSPS) is 21.2. The van der Waals surface area contributed by atoms with Crippen molar-refractivity contribution in [1.29, 1.82) is 0 Å². The molecule has 3 rings (SSSR count). The number of aromatic nitrogens is 1. The number of carbonyl (C=O) groups excluding carboxylic acids is 2. The summed E-state index contributed by atoms with van der Waals surface area (Å²) in [5.41, 5.74) is 7.76. The number of amides is 2. The molecule has 1 aromatic carbocycles. The van der Waals surface area contributed by atoms with Gasteiger partial charge in [-0.05, 0) is 18.6 Å². The number of ether oxygens (including phenoxy) is 2. The Bertz CT molecular complexity index is 938. The number of primary amides is 1. The van der Waals surface area contributed by atoms with Crippen LogP contribution >= 0.6 is 0 Å². The number of halogens is 1. The number of alkyl halides is 1. The van der Waals surface area contributed by atoms with Gasteiger partial charge in [-0.1, -0.05) is 6.92 Å². The van der Waals surface area contributed by atoms with Gasteiger partial charge in [-0.3, -0.25) is 9.59 Å². The number of methoxy groups -OCH3 is 1. The average Bonchev–Trinajstić information content (AvgIpc) is 2.99. The van der Waals surface area contributed by atoms with Gasteiger partial charge in [-0.25, -0.2) is 14.2 Å². The fourth-order valence-electron chi connectivity index (χ4n) is 3.55. The molecule has 0 radical (unpaired) electrons. The largest absolute Gasteiger partial charge is 0.496 e. The molecular formula is C19H24FN4O5+. The van der Waals surface area contributed by atoms with Gasteiger partial charge in [-0.15, -0.1) is 0 Å². The Balaban J connectivity index is 1.98. The van der Waals surface area contributed by atoms with Gasteiger partial charge in [0.05, 0.1) is 42.8 Å². The number of benzene rings is 1. The second-order valence-electron chi connectivity index (χ2n) is 6.73. The minimum absolute atomic E-state index is 0.0555. The zero-order valence-electron chi connectivity index (χ0n) is 16.4. The summed E-state index contributed by atoms with van der Waals surface area (Å²) in [6, 6.07) is 2.73. The topological polar surface area (TPSA) is 129 Å². The Morgan fingerprint density at radius 2 is 2.10 bits per heavy atom. The molecule has 2 aromatic rings. The van der Waals surface area contributed by atoms with Gasteiger partial charge >= 0.3 is 0 Å². The zero-order chi connectivity index (χ0) is 21.1. The van der Waals surface area contributed by atoms with E-state index >= 15 is 0 Å². The van der Waals surface area contributed by atoms with Crippen molar-refractivity contribution in [2.75, 3.05) is 20.8 Å². The third-order valence-corrected chi connectivity index (χ3v) is 5.05. The maximum Gasteiger partial charge on any atom is 0.255 e. The van der Waals surface area contributed by atoms with E-state index in [-0.39, 0.29) is 23.8 Å². The summed E-state index contributed by atoms with van der Waals surface area (Å²) in [7, 11) is 2.92. The third-order valence-electron chi connectivity index (χ3n) is 5.05. The number of pyridine rings is 1. The standard InChI is InChI=1S/C19H23FN4O5/c1-4-9-14(23-18(26)16(9)20)8-29-19-11-6-15(27-2)12(17(21)25)5-10(11)13(7-22-19)24-28-3/h5-7,9,14,16,24H,4,8H2,1-3H3,(H2,21,25)(H,23,26)/p+1. The highest BCUT2D eigenvalue weighted by atomic mass is 19.1. The van der Waals surface area contributed by atoms with Gasteiger partial charge in [0.2, 0.25) is 5.88 Å². The lowest BCUT2D eigenvalue weighted by molar-refractivity contribution is -0.829. The summed E-state index contributed by atoms with van der Waals surface area (Å²) >= 11 is 0. The molecule has 10 heteroatoms. The highest BCUT2D eigenvalue weighted by molar-refractivity contribution is 6.04. The fourth-order valence-corrected chi connectivity index (χ4v) is 3.55. The molecule has 1 fully saturated rings. The van der Waals surface area contributed by atoms with E-state index in [4.69, 9.17) is 20.0 Å². The molecule has 0 saturated carbocycles. The fraction of sp³-hybridized carbons (Fsp3) is 0.421. The van der Waals surface area contributed by atoms with Gasteiger partial charge in [0.25, 0.3) is 11.8 Å². The van der Waals surface area contributed by atoms with Crippen LogP contribution in [0, 0.1) is 5.92 Å². The number of hydrogen-bond acceptors (Lipinski definition) is 6. The van der Waals surface area contributed by atoms with Crippen molar-refractivity contribution in [2.45, 2.75) is 25.6 Å². The molecule has 2 amide bonds. The SMILES string of the molecule is CCC1C(COc2ncc([NH2+]OC)c3cc(C(N)=O)c(OC)cc23)NC(=O)C1F. The van der Waals surface area contributed by atoms with E-state index in [1.807, 2.05) is 6.92 Å². The van der Waals surface area contributed by atoms with Crippen molar-refractivity contribution in [3.63, 3.8) is 0 Å². The van der Waals surface area contributed by atoms with Gasteiger partial charge in [0.15, 0.2) is 11.9 Å². The number of carbonyl (C=O) groups is 2. The number of hydrogen-bond donors (Lipinski definition) is 3. The molecule has 0 bridgehead atoms. The first-order chi connectivity index (χ1) is 13.9. The average molecular weight is 407 g/mol. The van der Waals surface area contributed by atoms with Crippen LogP contribution in [0.15, 0.2) is 18.3 Å². The Hall–Kier alpha value is -2.98. The van der Waals surface area contributed by atoms with Crippen LogP contribution in [0.5, 0.6) is 11.6 Å². The second-order valence-corrected chi connectivity index (χ2v) is 6.73. The van der Waals surface area contributed by atoms with Crippen molar-refractivity contribution in [3.8, 4) is 11.6 Å². The summed E-state index contributed by atoms with van der Waals surface area (Å²) < 4.78 is 25.1. The number of quaternary nitrogens is 1. The maximum absolute atomic E-state index is 14.0. The summed E-state index contributed by atoms with van der Waals surface area (Å²) in [5, 5.41) is 3.81. The minimum Gasteiger partial charge on any atom is -0.496 e. The van der Waals surface area contributed by atoms with Gasteiger partial charge in [-0.2, -0.15) is 5.48 Å². The van der Waals surface area contributed by atoms with Crippen molar-refractivity contribution < 1.29 is 33.8 Å². The van der Waals surface area contributed by atoms with Crippen LogP contribution in [0.25, 0.3) is 10.8 Å². The molecule has 5 N–H and O–H groups in total. The second kappa shape index (κ2) is 8.58. The van der Waals surface area contributed by atoms with E-state index in [9.17, 15) is 14.0 Å². The molecule has 1 aliphatic rings. The van der Waals surface area contributed by atoms with Gasteiger partial charge in [0.1, 0.15) is 12.4 Å². The van der Waals surface area contributed by atoms with Gasteiger partial charge < -0.3 is 20.5 Å². The van der Waals surface area contributed by atoms with E-state index in [0.717, 1.165) is 0 Å². The molecule has 29 heavy (non-hydrogen) atoms. The van der Waals surface area contributed by atoms with Gasteiger partial charge in [0, 0.05) is 5.92 Å². The van der Waals surface area contributed by atoms with Crippen LogP contribution in [-0.4, -0.2) is 49.8 Å². The first-order valence-electron chi connectivity index (χ1n) is 9.15. The monoisotopic (exact) mass is 407 g/mol. The molecule has 3 unspecified atom stereocenters. The number of nitrogens with one attached hydrogen (secondary N) is 1. The van der Waals surface area contributed by atoms with Crippen LogP contribution in [-0.2, 0) is 9.63 Å². The Morgan fingerprint density at radius 3 is 2.72 bits per heavy atom. The lowest BCUT2D eigenvalue weighted by Gasteiger charge is -2.19. The predicted octanol–water partition coefficient (Wildman–Crippen LogP) is 0.340. The van der Waals surface area contributed by atoms with Crippen LogP contribution in [0.3, 0.4) is 0 Å². The molecule has 0 spiro atoms. The lowest BCUT2D eigenvalue weighted by Crippen LogP contribution is -2.76. The minimum atomic E-state index is -1.55. The molecular weight excluding hydrogens is 383 g/mol. The molecule has 9 nitrogen and oxygen atoms in total. The third kappa shape index (κ3) is 3.94. The van der Waals surface area contributed by atoms with E-state index in [0.29, 0.717) is 22.9 Å². The quantitative estimate of drug-likeness (QED) is 0.541. The summed E-state index contributed by atoms with van der Waals surface area (Å²) in [6.07, 6.45) is 0.482. The Kier molecular flexibility index (Phi) is 6.14. The number of nitrogens with two attached hydrogens (primary N) is 2. The maximum atomic E-state index is 14.0.